The maximum absolute atomic E-state index is 11.5. The van der Waals surface area contributed by atoms with Gasteiger partial charge in [0.1, 0.15) is 11.0 Å². The molecule has 0 atom stereocenters. The van der Waals surface area contributed by atoms with Crippen LogP contribution in [0.3, 0.4) is 0 Å². The van der Waals surface area contributed by atoms with Gasteiger partial charge in [0.05, 0.1) is 6.54 Å². The highest BCUT2D eigenvalue weighted by Gasteiger charge is 2.06. The molecule has 0 saturated heterocycles. The third-order valence-electron chi connectivity index (χ3n) is 1.70. The van der Waals surface area contributed by atoms with Gasteiger partial charge in [0.2, 0.25) is 0 Å². The Balaban J connectivity index is 3.25. The van der Waals surface area contributed by atoms with E-state index in [4.69, 9.17) is 11.6 Å². The Bertz CT molecular complexity index is 414. The number of halogens is 2. The van der Waals surface area contributed by atoms with Gasteiger partial charge in [-0.3, -0.25) is 9.36 Å². The second-order valence-corrected chi connectivity index (χ2v) is 4.30. The van der Waals surface area contributed by atoms with E-state index >= 15 is 0 Å². The van der Waals surface area contributed by atoms with E-state index in [-0.39, 0.29) is 10.7 Å². The maximum atomic E-state index is 11.5. The third kappa shape index (κ3) is 2.69. The zero-order valence-corrected chi connectivity index (χ0v) is 10.1. The van der Waals surface area contributed by atoms with E-state index in [1.54, 1.807) is 4.57 Å². The molecule has 0 unspecified atom stereocenters. The lowest BCUT2D eigenvalue weighted by Crippen LogP contribution is -2.24. The molecule has 1 aromatic rings. The van der Waals surface area contributed by atoms with Gasteiger partial charge in [-0.2, -0.15) is 0 Å². The highest BCUT2D eigenvalue weighted by atomic mass is 79.9. The zero-order valence-electron chi connectivity index (χ0n) is 7.76. The largest absolute Gasteiger partial charge is 0.292 e. The van der Waals surface area contributed by atoms with Gasteiger partial charge < -0.3 is 0 Å². The average molecular weight is 278 g/mol. The summed E-state index contributed by atoms with van der Waals surface area (Å²) in [6.45, 7) is 6.03. The Morgan fingerprint density at radius 1 is 1.79 bits per heavy atom. The molecule has 0 aromatic carbocycles. The number of hydrogen-bond donors (Lipinski definition) is 0. The van der Waals surface area contributed by atoms with Crippen LogP contribution in [0.1, 0.15) is 12.7 Å². The van der Waals surface area contributed by atoms with Crippen molar-refractivity contribution >= 4 is 27.5 Å². The summed E-state index contributed by atoms with van der Waals surface area (Å²) < 4.78 is 2.28. The third-order valence-corrected chi connectivity index (χ3v) is 2.15. The number of aryl methyl sites for hydroxylation is 1. The van der Waals surface area contributed by atoms with Crippen molar-refractivity contribution in [3.05, 3.63) is 38.5 Å². The first-order valence-corrected chi connectivity index (χ1v) is 5.31. The highest BCUT2D eigenvalue weighted by molar-refractivity contribution is 9.11. The Morgan fingerprint density at radius 2 is 2.43 bits per heavy atom. The lowest BCUT2D eigenvalue weighted by Gasteiger charge is -2.09. The molecule has 3 nitrogen and oxygen atoms in total. The van der Waals surface area contributed by atoms with Crippen molar-refractivity contribution in [2.75, 3.05) is 0 Å². The van der Waals surface area contributed by atoms with E-state index in [9.17, 15) is 4.79 Å². The van der Waals surface area contributed by atoms with Gasteiger partial charge in [-0.25, -0.2) is 4.98 Å². The lowest BCUT2D eigenvalue weighted by atomic mass is 10.4. The molecule has 1 aromatic heterocycles. The molecule has 0 aliphatic heterocycles. The number of hydrogen-bond acceptors (Lipinski definition) is 2. The SMILES string of the molecule is C=C(Br)Cn1c(CC)nc(Cl)cc1=O. The van der Waals surface area contributed by atoms with Gasteiger partial charge in [0.25, 0.3) is 5.56 Å². The van der Waals surface area contributed by atoms with Gasteiger partial charge in [-0.1, -0.05) is 41.0 Å². The van der Waals surface area contributed by atoms with Crippen LogP contribution in [-0.4, -0.2) is 9.55 Å². The fraction of sp³-hybridized carbons (Fsp3) is 0.333. The van der Waals surface area contributed by atoms with Crippen molar-refractivity contribution in [2.24, 2.45) is 0 Å². The van der Waals surface area contributed by atoms with Crippen LogP contribution >= 0.6 is 27.5 Å². The molecule has 0 bridgehead atoms. The summed E-state index contributed by atoms with van der Waals surface area (Å²) in [6, 6.07) is 1.30. The highest BCUT2D eigenvalue weighted by Crippen LogP contribution is 2.08. The van der Waals surface area contributed by atoms with Gasteiger partial charge in [0, 0.05) is 17.0 Å². The summed E-state index contributed by atoms with van der Waals surface area (Å²) in [4.78, 5) is 15.6. The summed E-state index contributed by atoms with van der Waals surface area (Å²) in [7, 11) is 0. The number of nitrogens with zero attached hydrogens (tertiary/aromatic N) is 2. The second kappa shape index (κ2) is 4.75. The van der Waals surface area contributed by atoms with Crippen LogP contribution in [-0.2, 0) is 13.0 Å². The van der Waals surface area contributed by atoms with E-state index in [2.05, 4.69) is 27.5 Å². The second-order valence-electron chi connectivity index (χ2n) is 2.79. The molecule has 0 saturated carbocycles. The Hall–Kier alpha value is -0.610. The van der Waals surface area contributed by atoms with Crippen LogP contribution in [0.2, 0.25) is 5.15 Å². The van der Waals surface area contributed by atoms with Crippen molar-refractivity contribution < 1.29 is 0 Å². The van der Waals surface area contributed by atoms with Gasteiger partial charge >= 0.3 is 0 Å². The van der Waals surface area contributed by atoms with Crippen molar-refractivity contribution in [3.8, 4) is 0 Å². The average Bonchev–Trinajstić information content (AvgIpc) is 2.08. The Kier molecular flexibility index (Phi) is 3.89. The molecule has 0 amide bonds. The van der Waals surface area contributed by atoms with E-state index in [1.165, 1.54) is 6.07 Å². The molecule has 0 N–H and O–H groups in total. The van der Waals surface area contributed by atoms with E-state index in [1.807, 2.05) is 6.92 Å². The van der Waals surface area contributed by atoms with Crippen molar-refractivity contribution in [1.82, 2.24) is 9.55 Å². The van der Waals surface area contributed by atoms with Crippen LogP contribution < -0.4 is 5.56 Å². The maximum Gasteiger partial charge on any atom is 0.255 e. The van der Waals surface area contributed by atoms with Crippen LogP contribution in [0.5, 0.6) is 0 Å². The van der Waals surface area contributed by atoms with Gasteiger partial charge in [-0.05, 0) is 0 Å². The topological polar surface area (TPSA) is 34.9 Å². The Labute approximate surface area is 95.5 Å². The molecule has 76 valence electrons. The minimum atomic E-state index is -0.151. The summed E-state index contributed by atoms with van der Waals surface area (Å²) in [5.74, 6) is 0.670. The minimum absolute atomic E-state index is 0.151. The fourth-order valence-corrected chi connectivity index (χ4v) is 1.58. The van der Waals surface area contributed by atoms with Crippen LogP contribution in [0.4, 0.5) is 0 Å². The Morgan fingerprint density at radius 3 is 2.93 bits per heavy atom. The van der Waals surface area contributed by atoms with Crippen molar-refractivity contribution in [1.29, 1.82) is 0 Å². The van der Waals surface area contributed by atoms with Crippen LogP contribution in [0.15, 0.2) is 21.9 Å². The predicted molar refractivity (Wildman–Crippen MR) is 61.0 cm³/mol. The summed E-state index contributed by atoms with van der Waals surface area (Å²) in [5, 5.41) is 0.239. The molecule has 14 heavy (non-hydrogen) atoms. The molecule has 0 aliphatic carbocycles. The molecule has 0 radical (unpaired) electrons. The fourth-order valence-electron chi connectivity index (χ4n) is 1.13. The lowest BCUT2D eigenvalue weighted by molar-refractivity contribution is 0.684. The van der Waals surface area contributed by atoms with Crippen LogP contribution in [0, 0.1) is 0 Å². The van der Waals surface area contributed by atoms with Crippen molar-refractivity contribution in [3.63, 3.8) is 0 Å². The summed E-state index contributed by atoms with van der Waals surface area (Å²) >= 11 is 8.89. The number of rotatable bonds is 3. The standard InChI is InChI=1S/C9H10BrClN2O/c1-3-8-12-7(11)4-9(14)13(8)5-6(2)10/h4H,2-3,5H2,1H3. The predicted octanol–water partition coefficient (Wildman–Crippen LogP) is 2.37. The summed E-state index contributed by atoms with van der Waals surface area (Å²) in [5.41, 5.74) is -0.151. The zero-order chi connectivity index (χ0) is 10.7. The quantitative estimate of drug-likeness (QED) is 0.795. The van der Waals surface area contributed by atoms with Crippen molar-refractivity contribution in [2.45, 2.75) is 19.9 Å². The normalized spacial score (nSPS) is 10.2. The van der Waals surface area contributed by atoms with E-state index < -0.39 is 0 Å². The molecular formula is C9H10BrClN2O. The van der Waals surface area contributed by atoms with Gasteiger partial charge in [0.15, 0.2) is 0 Å². The molecule has 1 heterocycles. The first-order valence-electron chi connectivity index (χ1n) is 4.14. The van der Waals surface area contributed by atoms with Crippen LogP contribution in [0.25, 0.3) is 0 Å². The van der Waals surface area contributed by atoms with E-state index in [0.717, 1.165) is 4.48 Å². The van der Waals surface area contributed by atoms with E-state index in [0.29, 0.717) is 18.8 Å². The molecule has 0 spiro atoms. The summed E-state index contributed by atoms with van der Waals surface area (Å²) in [6.07, 6.45) is 0.663. The monoisotopic (exact) mass is 276 g/mol. The molecule has 0 fully saturated rings. The van der Waals surface area contributed by atoms with Gasteiger partial charge in [-0.15, -0.1) is 0 Å². The first-order chi connectivity index (χ1) is 6.54. The molecular weight excluding hydrogens is 267 g/mol. The minimum Gasteiger partial charge on any atom is -0.292 e. The molecule has 1 rings (SSSR count). The number of allylic oxidation sites excluding steroid dienone is 1. The molecule has 5 heteroatoms. The number of aromatic nitrogens is 2. The first kappa shape index (κ1) is 11.5. The smallest absolute Gasteiger partial charge is 0.255 e. The molecule has 0 aliphatic rings.